The van der Waals surface area contributed by atoms with E-state index in [1.807, 2.05) is 28.8 Å². The topological polar surface area (TPSA) is 116 Å². The summed E-state index contributed by atoms with van der Waals surface area (Å²) in [5.74, 6) is 0. The van der Waals surface area contributed by atoms with Crippen molar-refractivity contribution in [2.24, 2.45) is 0 Å². The van der Waals surface area contributed by atoms with Gasteiger partial charge >= 0.3 is 11.9 Å². The molecule has 43 heavy (non-hydrogen) atoms. The molecule has 0 spiro atoms. The number of aromatic amines is 1. The summed E-state index contributed by atoms with van der Waals surface area (Å²) in [6.45, 7) is 2.25. The van der Waals surface area contributed by atoms with E-state index in [-0.39, 0.29) is 31.4 Å². The zero-order valence-corrected chi connectivity index (χ0v) is 24.4. The fraction of sp³-hybridized carbons (Fsp3) is 0.448. The SMILES string of the molecule is CS(=O)(=O)N1CCc2c(c(-c3ccc(C(F)(F)F)cc3)nn2CC(O)CN2CCC(n3c(=O)[nH]c4ccccc43)CC2)C1. The van der Waals surface area contributed by atoms with Gasteiger partial charge in [0.25, 0.3) is 0 Å². The van der Waals surface area contributed by atoms with E-state index in [0.717, 1.165) is 48.0 Å². The van der Waals surface area contributed by atoms with E-state index in [2.05, 4.69) is 15.0 Å². The molecule has 230 valence electrons. The van der Waals surface area contributed by atoms with Gasteiger partial charge in [-0.25, -0.2) is 13.2 Å². The molecule has 2 aromatic heterocycles. The number of nitrogens with one attached hydrogen (secondary N) is 1. The number of imidazole rings is 1. The zero-order valence-electron chi connectivity index (χ0n) is 23.6. The van der Waals surface area contributed by atoms with E-state index in [9.17, 15) is 31.5 Å². The number of piperidine rings is 1. The van der Waals surface area contributed by atoms with Crippen LogP contribution in [0.25, 0.3) is 22.3 Å². The van der Waals surface area contributed by atoms with Crippen molar-refractivity contribution in [3.8, 4) is 11.3 Å². The lowest BCUT2D eigenvalue weighted by atomic mass is 10.0. The first-order valence-electron chi connectivity index (χ1n) is 14.2. The molecule has 4 aromatic rings. The quantitative estimate of drug-likeness (QED) is 0.329. The highest BCUT2D eigenvalue weighted by Crippen LogP contribution is 2.34. The van der Waals surface area contributed by atoms with Crippen molar-refractivity contribution in [2.45, 2.75) is 50.7 Å². The molecule has 1 fully saturated rings. The summed E-state index contributed by atoms with van der Waals surface area (Å²) in [7, 11) is -3.49. The molecule has 10 nitrogen and oxygen atoms in total. The average Bonchev–Trinajstić information content (AvgIpc) is 3.49. The molecule has 4 heterocycles. The van der Waals surface area contributed by atoms with Gasteiger partial charge in [-0.2, -0.15) is 22.6 Å². The van der Waals surface area contributed by atoms with Gasteiger partial charge in [0, 0.05) is 62.0 Å². The van der Waals surface area contributed by atoms with Crippen LogP contribution >= 0.6 is 0 Å². The number of aromatic nitrogens is 4. The van der Waals surface area contributed by atoms with Crippen LogP contribution in [0.2, 0.25) is 0 Å². The van der Waals surface area contributed by atoms with E-state index in [0.29, 0.717) is 42.9 Å². The van der Waals surface area contributed by atoms with Crippen molar-refractivity contribution in [2.75, 3.05) is 32.4 Å². The Balaban J connectivity index is 1.17. The molecular weight excluding hydrogens is 585 g/mol. The number of aliphatic hydroxyl groups is 1. The third-order valence-electron chi connectivity index (χ3n) is 8.45. The second kappa shape index (κ2) is 11.2. The molecule has 1 unspecified atom stereocenters. The number of hydrogen-bond donors (Lipinski definition) is 2. The molecule has 0 aliphatic carbocycles. The number of likely N-dealkylation sites (tertiary alicyclic amines) is 1. The number of para-hydroxylation sites is 2. The molecule has 2 aliphatic heterocycles. The molecular formula is C29H33F3N6O4S. The molecule has 2 N–H and O–H groups in total. The first kappa shape index (κ1) is 29.6. The highest BCUT2D eigenvalue weighted by atomic mass is 32.2. The van der Waals surface area contributed by atoms with Crippen LogP contribution in [0.3, 0.4) is 0 Å². The Morgan fingerprint density at radius 3 is 2.42 bits per heavy atom. The predicted molar refractivity (Wildman–Crippen MR) is 155 cm³/mol. The fourth-order valence-electron chi connectivity index (χ4n) is 6.30. The monoisotopic (exact) mass is 618 g/mol. The molecule has 0 saturated carbocycles. The molecule has 14 heteroatoms. The van der Waals surface area contributed by atoms with Gasteiger partial charge in [-0.05, 0) is 37.1 Å². The lowest BCUT2D eigenvalue weighted by Gasteiger charge is -2.33. The maximum absolute atomic E-state index is 13.1. The molecule has 0 radical (unpaired) electrons. The molecule has 1 atom stereocenters. The van der Waals surface area contributed by atoms with E-state index in [4.69, 9.17) is 0 Å². The number of halogens is 3. The highest BCUT2D eigenvalue weighted by molar-refractivity contribution is 7.88. The number of fused-ring (bicyclic) bond motifs is 2. The van der Waals surface area contributed by atoms with Crippen molar-refractivity contribution in [1.82, 2.24) is 28.5 Å². The zero-order chi connectivity index (χ0) is 30.5. The third-order valence-corrected chi connectivity index (χ3v) is 9.70. The van der Waals surface area contributed by atoms with Gasteiger partial charge in [0.2, 0.25) is 10.0 Å². The number of alkyl halides is 3. The van der Waals surface area contributed by atoms with Crippen LogP contribution in [0.5, 0.6) is 0 Å². The predicted octanol–water partition coefficient (Wildman–Crippen LogP) is 3.23. The number of hydrogen-bond acceptors (Lipinski definition) is 6. The third kappa shape index (κ3) is 6.01. The average molecular weight is 619 g/mol. The lowest BCUT2D eigenvalue weighted by molar-refractivity contribution is -0.137. The van der Waals surface area contributed by atoms with Crippen LogP contribution in [0.4, 0.5) is 13.2 Å². The normalized spacial score (nSPS) is 18.3. The van der Waals surface area contributed by atoms with Gasteiger partial charge in [0.1, 0.15) is 0 Å². The number of rotatable bonds is 7. The first-order valence-corrected chi connectivity index (χ1v) is 16.0. The number of aliphatic hydroxyl groups excluding tert-OH is 1. The second-order valence-electron chi connectivity index (χ2n) is 11.4. The molecule has 0 amide bonds. The summed E-state index contributed by atoms with van der Waals surface area (Å²) in [5, 5.41) is 15.8. The number of β-amino-alcohol motifs (C(OH)–C–C–N with tert-alkyl or cyclic N) is 1. The minimum absolute atomic E-state index is 0.0549. The van der Waals surface area contributed by atoms with Gasteiger partial charge in [-0.3, -0.25) is 9.25 Å². The van der Waals surface area contributed by atoms with Gasteiger partial charge in [-0.1, -0.05) is 24.3 Å². The van der Waals surface area contributed by atoms with Gasteiger partial charge in [0.05, 0.1) is 41.2 Å². The summed E-state index contributed by atoms with van der Waals surface area (Å²) < 4.78 is 68.9. The van der Waals surface area contributed by atoms with Crippen LogP contribution < -0.4 is 5.69 Å². The number of sulfonamides is 1. The number of benzene rings is 2. The summed E-state index contributed by atoms with van der Waals surface area (Å²) in [6.07, 6.45) is -2.26. The van der Waals surface area contributed by atoms with Crippen LogP contribution in [-0.2, 0) is 35.7 Å². The Morgan fingerprint density at radius 1 is 1.05 bits per heavy atom. The molecule has 2 aromatic carbocycles. The maximum atomic E-state index is 13.1. The molecule has 6 rings (SSSR count). The van der Waals surface area contributed by atoms with Gasteiger partial charge < -0.3 is 15.0 Å². The minimum Gasteiger partial charge on any atom is -0.390 e. The Morgan fingerprint density at radius 2 is 1.74 bits per heavy atom. The fourth-order valence-corrected chi connectivity index (χ4v) is 7.09. The van der Waals surface area contributed by atoms with Crippen molar-refractivity contribution in [3.63, 3.8) is 0 Å². The summed E-state index contributed by atoms with van der Waals surface area (Å²) in [5.41, 5.74) is 3.05. The standard InChI is InChI=1S/C29H33F3N6O4S/c1-43(41,42)36-15-12-25-23(18-36)27(19-6-8-20(9-7-19)29(30,31)32)34-37(25)17-22(39)16-35-13-10-21(11-14-35)38-26-5-3-2-4-24(26)33-28(38)40/h2-9,21-22,39H,10-18H2,1H3,(H,33,40). The van der Waals surface area contributed by atoms with E-state index in [1.54, 1.807) is 4.68 Å². The highest BCUT2D eigenvalue weighted by Gasteiger charge is 2.33. The molecule has 0 bridgehead atoms. The van der Waals surface area contributed by atoms with E-state index < -0.39 is 27.9 Å². The smallest absolute Gasteiger partial charge is 0.390 e. The Labute approximate surface area is 246 Å². The summed E-state index contributed by atoms with van der Waals surface area (Å²) in [6, 6.07) is 12.3. The number of nitrogens with zero attached hydrogens (tertiary/aromatic N) is 5. The van der Waals surface area contributed by atoms with Gasteiger partial charge in [-0.15, -0.1) is 0 Å². The molecule has 1 saturated heterocycles. The largest absolute Gasteiger partial charge is 0.416 e. The Kier molecular flexibility index (Phi) is 7.73. The van der Waals surface area contributed by atoms with Crippen LogP contribution in [0.15, 0.2) is 53.3 Å². The van der Waals surface area contributed by atoms with Crippen LogP contribution in [0, 0.1) is 0 Å². The minimum atomic E-state index is -4.48. The summed E-state index contributed by atoms with van der Waals surface area (Å²) >= 11 is 0. The van der Waals surface area contributed by atoms with Crippen LogP contribution in [-0.4, -0.2) is 80.6 Å². The van der Waals surface area contributed by atoms with Crippen LogP contribution in [0.1, 0.15) is 35.7 Å². The number of H-pyrrole nitrogens is 1. The maximum Gasteiger partial charge on any atom is 0.416 e. The van der Waals surface area contributed by atoms with E-state index in [1.165, 1.54) is 16.4 Å². The van der Waals surface area contributed by atoms with Crippen molar-refractivity contribution in [3.05, 3.63) is 75.8 Å². The van der Waals surface area contributed by atoms with Crippen molar-refractivity contribution >= 4 is 21.1 Å². The second-order valence-corrected chi connectivity index (χ2v) is 13.4. The summed E-state index contributed by atoms with van der Waals surface area (Å²) in [4.78, 5) is 17.7. The van der Waals surface area contributed by atoms with E-state index >= 15 is 0 Å². The first-order chi connectivity index (χ1) is 20.4. The Hall–Kier alpha value is -3.46. The molecule has 2 aliphatic rings. The van der Waals surface area contributed by atoms with Crippen molar-refractivity contribution in [1.29, 1.82) is 0 Å². The van der Waals surface area contributed by atoms with Crippen molar-refractivity contribution < 1.29 is 26.7 Å². The van der Waals surface area contributed by atoms with Gasteiger partial charge in [0.15, 0.2) is 0 Å². The lowest BCUT2D eigenvalue weighted by Crippen LogP contribution is -2.42. The Bertz CT molecular complexity index is 1790.